The molecule has 6 heteroatoms. The van der Waals surface area contributed by atoms with Gasteiger partial charge < -0.3 is 5.32 Å². The molecular formula is C19H24N2O3S. The Kier molecular flexibility index (Phi) is 5.98. The van der Waals surface area contributed by atoms with Crippen molar-refractivity contribution in [3.8, 4) is 0 Å². The van der Waals surface area contributed by atoms with Crippen LogP contribution in [0.3, 0.4) is 0 Å². The van der Waals surface area contributed by atoms with Gasteiger partial charge in [0.25, 0.3) is 0 Å². The van der Waals surface area contributed by atoms with Gasteiger partial charge in [0.15, 0.2) is 0 Å². The maximum Gasteiger partial charge on any atom is 0.243 e. The fourth-order valence-electron chi connectivity index (χ4n) is 2.58. The lowest BCUT2D eigenvalue weighted by Gasteiger charge is -2.27. The molecule has 0 heterocycles. The average Bonchev–Trinajstić information content (AvgIpc) is 2.55. The van der Waals surface area contributed by atoms with E-state index in [1.807, 2.05) is 44.2 Å². The Hall–Kier alpha value is -2.18. The van der Waals surface area contributed by atoms with Crippen molar-refractivity contribution in [1.82, 2.24) is 9.62 Å². The van der Waals surface area contributed by atoms with Crippen molar-refractivity contribution in [2.75, 3.05) is 13.3 Å². The molecular weight excluding hydrogens is 336 g/mol. The molecule has 0 radical (unpaired) electrons. The van der Waals surface area contributed by atoms with Crippen LogP contribution in [-0.4, -0.2) is 31.9 Å². The molecule has 1 N–H and O–H groups in total. The molecule has 2 aromatic rings. The quantitative estimate of drug-likeness (QED) is 0.861. The van der Waals surface area contributed by atoms with Gasteiger partial charge >= 0.3 is 0 Å². The number of sulfonamides is 1. The van der Waals surface area contributed by atoms with E-state index in [-0.39, 0.29) is 11.9 Å². The average molecular weight is 360 g/mol. The van der Waals surface area contributed by atoms with Gasteiger partial charge in [-0.15, -0.1) is 0 Å². The highest BCUT2D eigenvalue weighted by Gasteiger charge is 2.31. The maximum atomic E-state index is 12.9. The summed E-state index contributed by atoms with van der Waals surface area (Å²) >= 11 is 0. The minimum absolute atomic E-state index is 0.229. The van der Waals surface area contributed by atoms with E-state index in [1.54, 1.807) is 24.3 Å². The van der Waals surface area contributed by atoms with Crippen molar-refractivity contribution in [2.24, 2.45) is 0 Å². The Morgan fingerprint density at radius 1 is 1.00 bits per heavy atom. The summed E-state index contributed by atoms with van der Waals surface area (Å²) in [6, 6.07) is 15.6. The van der Waals surface area contributed by atoms with Crippen LogP contribution < -0.4 is 5.32 Å². The Bertz CT molecular complexity index is 818. The molecule has 25 heavy (non-hydrogen) atoms. The predicted molar refractivity (Wildman–Crippen MR) is 99.5 cm³/mol. The van der Waals surface area contributed by atoms with Crippen LogP contribution in [0.5, 0.6) is 0 Å². The molecule has 2 aromatic carbocycles. The number of nitrogens with zero attached hydrogens (tertiary/aromatic N) is 1. The molecule has 0 aliphatic carbocycles. The molecule has 0 saturated heterocycles. The molecule has 0 saturated carbocycles. The summed E-state index contributed by atoms with van der Waals surface area (Å²) in [5, 5.41) is 2.92. The number of aryl methyl sites for hydroxylation is 1. The van der Waals surface area contributed by atoms with E-state index in [2.05, 4.69) is 5.32 Å². The molecule has 0 aliphatic heterocycles. The van der Waals surface area contributed by atoms with E-state index in [1.165, 1.54) is 7.05 Å². The number of amides is 1. The van der Waals surface area contributed by atoms with Gasteiger partial charge in [-0.05, 0) is 25.0 Å². The summed E-state index contributed by atoms with van der Waals surface area (Å²) in [5.74, 6) is -0.354. The number of rotatable bonds is 6. The van der Waals surface area contributed by atoms with Crippen molar-refractivity contribution < 1.29 is 13.2 Å². The van der Waals surface area contributed by atoms with E-state index in [0.29, 0.717) is 5.56 Å². The highest BCUT2D eigenvalue weighted by Crippen LogP contribution is 2.23. The van der Waals surface area contributed by atoms with Crippen LogP contribution in [0.15, 0.2) is 54.6 Å². The number of likely N-dealkylation sites (N-methyl/N-ethyl adjacent to an activating group) is 1. The van der Waals surface area contributed by atoms with Gasteiger partial charge in [-0.1, -0.05) is 60.2 Å². The lowest BCUT2D eigenvalue weighted by Crippen LogP contribution is -2.42. The van der Waals surface area contributed by atoms with E-state index < -0.39 is 16.1 Å². The summed E-state index contributed by atoms with van der Waals surface area (Å²) in [7, 11) is -2.11. The first-order chi connectivity index (χ1) is 11.7. The smallest absolute Gasteiger partial charge is 0.243 e. The third-order valence-corrected chi connectivity index (χ3v) is 5.44. The van der Waals surface area contributed by atoms with Gasteiger partial charge in [0.1, 0.15) is 6.04 Å². The summed E-state index contributed by atoms with van der Waals surface area (Å²) in [4.78, 5) is 12.9. The minimum Gasteiger partial charge on any atom is -0.348 e. The Morgan fingerprint density at radius 2 is 1.56 bits per heavy atom. The van der Waals surface area contributed by atoms with Crippen LogP contribution >= 0.6 is 0 Å². The highest BCUT2D eigenvalue weighted by molar-refractivity contribution is 7.88. The van der Waals surface area contributed by atoms with E-state index in [9.17, 15) is 13.2 Å². The third kappa shape index (κ3) is 4.90. The number of benzene rings is 2. The van der Waals surface area contributed by atoms with Crippen LogP contribution in [0.25, 0.3) is 0 Å². The summed E-state index contributed by atoms with van der Waals surface area (Å²) in [5.41, 5.74) is 2.73. The zero-order valence-corrected chi connectivity index (χ0v) is 15.7. The van der Waals surface area contributed by atoms with Crippen molar-refractivity contribution in [1.29, 1.82) is 0 Å². The van der Waals surface area contributed by atoms with Gasteiger partial charge in [-0.2, -0.15) is 4.31 Å². The fraction of sp³-hybridized carbons (Fsp3) is 0.316. The summed E-state index contributed by atoms with van der Waals surface area (Å²) < 4.78 is 25.1. The topological polar surface area (TPSA) is 66.5 Å². The van der Waals surface area contributed by atoms with Crippen molar-refractivity contribution in [2.45, 2.75) is 25.9 Å². The molecule has 0 aromatic heterocycles. The maximum absolute atomic E-state index is 12.9. The Labute approximate surface area is 149 Å². The molecule has 5 nitrogen and oxygen atoms in total. The Balaban J connectivity index is 2.28. The second-order valence-electron chi connectivity index (χ2n) is 6.23. The number of carbonyl (C=O) groups excluding carboxylic acids is 1. The zero-order chi connectivity index (χ0) is 18.6. The van der Waals surface area contributed by atoms with Gasteiger partial charge in [0.2, 0.25) is 15.9 Å². The van der Waals surface area contributed by atoms with Crippen LogP contribution in [0.4, 0.5) is 0 Å². The van der Waals surface area contributed by atoms with Crippen molar-refractivity contribution in [3.05, 3.63) is 71.3 Å². The first-order valence-electron chi connectivity index (χ1n) is 8.05. The molecule has 0 aliphatic rings. The molecule has 0 fully saturated rings. The Morgan fingerprint density at radius 3 is 2.08 bits per heavy atom. The molecule has 134 valence electrons. The molecule has 2 atom stereocenters. The van der Waals surface area contributed by atoms with Crippen LogP contribution in [0.1, 0.15) is 35.7 Å². The van der Waals surface area contributed by atoms with E-state index in [0.717, 1.165) is 21.7 Å². The van der Waals surface area contributed by atoms with Crippen LogP contribution in [-0.2, 0) is 14.8 Å². The number of hydrogen-bond donors (Lipinski definition) is 1. The van der Waals surface area contributed by atoms with Gasteiger partial charge in [0.05, 0.1) is 12.3 Å². The summed E-state index contributed by atoms with van der Waals surface area (Å²) in [6.45, 7) is 3.88. The number of nitrogens with one attached hydrogen (secondary N) is 1. The van der Waals surface area contributed by atoms with E-state index in [4.69, 9.17) is 0 Å². The zero-order valence-electron chi connectivity index (χ0n) is 14.9. The second-order valence-corrected chi connectivity index (χ2v) is 8.28. The lowest BCUT2D eigenvalue weighted by atomic mass is 10.0. The van der Waals surface area contributed by atoms with Gasteiger partial charge in [-0.25, -0.2) is 8.42 Å². The fourth-order valence-corrected chi connectivity index (χ4v) is 3.18. The molecule has 0 spiro atoms. The largest absolute Gasteiger partial charge is 0.348 e. The monoisotopic (exact) mass is 360 g/mol. The number of hydrogen-bond acceptors (Lipinski definition) is 3. The molecule has 0 unspecified atom stereocenters. The minimum atomic E-state index is -3.53. The van der Waals surface area contributed by atoms with Crippen molar-refractivity contribution >= 4 is 15.9 Å². The highest BCUT2D eigenvalue weighted by atomic mass is 32.2. The molecule has 2 rings (SSSR count). The van der Waals surface area contributed by atoms with Gasteiger partial charge in [-0.3, -0.25) is 4.79 Å². The number of carbonyl (C=O) groups is 1. The third-order valence-electron chi connectivity index (χ3n) is 4.19. The van der Waals surface area contributed by atoms with Crippen molar-refractivity contribution in [3.63, 3.8) is 0 Å². The first-order valence-corrected chi connectivity index (χ1v) is 9.90. The molecule has 1 amide bonds. The normalized spacial score (nSPS) is 14.1. The van der Waals surface area contributed by atoms with E-state index >= 15 is 0 Å². The lowest BCUT2D eigenvalue weighted by molar-refractivity contribution is -0.125. The summed E-state index contributed by atoms with van der Waals surface area (Å²) in [6.07, 6.45) is 1.10. The van der Waals surface area contributed by atoms with Gasteiger partial charge in [0, 0.05) is 7.05 Å². The predicted octanol–water partition coefficient (Wildman–Crippen LogP) is 2.80. The second kappa shape index (κ2) is 7.80. The standard InChI is InChI=1S/C19H24N2O3S/c1-14-10-12-16(13-11-14)15(2)20-19(22)18(21(3)25(4,23)24)17-8-6-5-7-9-17/h5-13,15,18H,1-4H3,(H,20,22)/t15-,18-/m0/s1. The van der Waals surface area contributed by atoms with Crippen LogP contribution in [0.2, 0.25) is 0 Å². The van der Waals surface area contributed by atoms with Crippen LogP contribution in [0, 0.1) is 6.92 Å². The molecule has 0 bridgehead atoms. The first kappa shape index (κ1) is 19.1. The SMILES string of the molecule is Cc1ccc([C@H](C)NC(=O)[C@H](c2ccccc2)N(C)S(C)(=O)=O)cc1.